The normalized spacial score (nSPS) is 12.6. The Labute approximate surface area is 259 Å². The van der Waals surface area contributed by atoms with E-state index in [1.54, 1.807) is 0 Å². The van der Waals surface area contributed by atoms with Gasteiger partial charge >= 0.3 is 61.4 Å². The molecule has 0 unspecified atom stereocenters. The maximum atomic E-state index is 9.87. The van der Waals surface area contributed by atoms with Crippen molar-refractivity contribution in [2.24, 2.45) is 0 Å². The van der Waals surface area contributed by atoms with Crippen LogP contribution in [0.2, 0.25) is 0 Å². The SMILES string of the molecule is F[B-](F)(F)F.F[P-](F)(F)(F)(F)F.c1ccc([I+]c2ccccc2)cc1.c1ccc([S+](c2ccccc2)c2cccs2)cc1. The van der Waals surface area contributed by atoms with E-state index in [1.165, 1.54) is 21.1 Å². The smallest absolute Gasteiger partial charge is 0.0936 e. The summed E-state index contributed by atoms with van der Waals surface area (Å²) in [6, 6.07) is 47.3. The van der Waals surface area contributed by atoms with E-state index in [4.69, 9.17) is 0 Å². The van der Waals surface area contributed by atoms with Gasteiger partial charge in [0.15, 0.2) is 16.9 Å². The molecule has 5 aromatic rings. The fourth-order valence-corrected chi connectivity index (χ4v) is 8.60. The second kappa shape index (κ2) is 15.4. The van der Waals surface area contributed by atoms with E-state index in [2.05, 4.69) is 139 Å². The van der Waals surface area contributed by atoms with E-state index < -0.39 is 15.1 Å². The number of rotatable bonds is 5. The van der Waals surface area contributed by atoms with E-state index in [0.29, 0.717) is 0 Å². The maximum Gasteiger partial charge on any atom is 0.357 e. The minimum absolute atomic E-state index is 0.0287. The maximum absolute atomic E-state index is 10.7. The summed E-state index contributed by atoms with van der Waals surface area (Å²) in [4.78, 5) is 2.76. The van der Waals surface area contributed by atoms with Crippen molar-refractivity contribution in [1.82, 2.24) is 0 Å². The van der Waals surface area contributed by atoms with Crippen LogP contribution in [0.1, 0.15) is 0 Å². The molecule has 0 atom stereocenters. The summed E-state index contributed by atoms with van der Waals surface area (Å²) in [6.45, 7) is 0. The van der Waals surface area contributed by atoms with Gasteiger partial charge in [0.1, 0.15) is 10.9 Å². The van der Waals surface area contributed by atoms with Crippen LogP contribution in [-0.4, -0.2) is 7.25 Å². The number of thiophene rings is 1. The van der Waals surface area contributed by atoms with Crippen LogP contribution in [0.25, 0.3) is 0 Å². The van der Waals surface area contributed by atoms with Gasteiger partial charge in [-0.2, -0.15) is 0 Å². The standard InChI is InChI=1S/C16H13S2.C12H10I.BF4.F6P/c1-3-8-14(9-4-1)18(16-12-7-13-17-16)15-10-5-2-6-11-15;1-3-7-11(8-4-1)13-12-9-5-2-6-10-12;2-1(3,4)5;1-7(2,3,4,5)6/h1-13H;1-10H;;/q2*+1;2*-1. The van der Waals surface area contributed by atoms with E-state index in [9.17, 15) is 42.4 Å². The summed E-state index contributed by atoms with van der Waals surface area (Å²) in [6.07, 6.45) is 0. The van der Waals surface area contributed by atoms with Crippen molar-refractivity contribution in [2.45, 2.75) is 14.0 Å². The van der Waals surface area contributed by atoms with Crippen molar-refractivity contribution in [3.8, 4) is 0 Å². The Bertz CT molecular complexity index is 1370. The van der Waals surface area contributed by atoms with Crippen LogP contribution in [0.3, 0.4) is 0 Å². The molecule has 0 amide bonds. The van der Waals surface area contributed by atoms with E-state index in [-0.39, 0.29) is 32.1 Å². The van der Waals surface area contributed by atoms with Crippen LogP contribution in [-0.2, 0) is 10.9 Å². The van der Waals surface area contributed by atoms with E-state index in [0.717, 1.165) is 0 Å². The molecule has 0 fully saturated rings. The van der Waals surface area contributed by atoms with Gasteiger partial charge in [0.2, 0.25) is 4.21 Å². The number of hydrogen-bond acceptors (Lipinski definition) is 1. The van der Waals surface area contributed by atoms with Crippen molar-refractivity contribution in [3.05, 3.63) is 146 Å². The Kier molecular flexibility index (Phi) is 13.2. The molecule has 0 nitrogen and oxygen atoms in total. The third kappa shape index (κ3) is 20.1. The second-order valence-electron chi connectivity index (χ2n) is 8.00. The predicted octanol–water partition coefficient (Wildman–Crippen LogP) is 9.34. The average Bonchev–Trinajstić information content (AvgIpc) is 3.44. The summed E-state index contributed by atoms with van der Waals surface area (Å²) in [5.74, 6) is 0. The van der Waals surface area contributed by atoms with Crippen LogP contribution < -0.4 is 21.2 Å². The third-order valence-electron chi connectivity index (χ3n) is 4.34. The van der Waals surface area contributed by atoms with Gasteiger partial charge in [0.25, 0.3) is 0 Å². The molecule has 0 aliphatic rings. The zero-order chi connectivity index (χ0) is 32.1. The predicted molar refractivity (Wildman–Crippen MR) is 153 cm³/mol. The topological polar surface area (TPSA) is 0 Å². The van der Waals surface area contributed by atoms with E-state index >= 15 is 0 Å². The number of halogens is 11. The molecule has 5 rings (SSSR count). The first-order valence-electron chi connectivity index (χ1n) is 11.9. The Morgan fingerprint density at radius 2 is 0.791 bits per heavy atom. The average molecular weight is 782 g/mol. The van der Waals surface area contributed by atoms with Crippen LogP contribution in [0.15, 0.2) is 153 Å². The molecule has 0 radical (unpaired) electrons. The summed E-state index contributed by atoms with van der Waals surface area (Å²) < 4.78 is 103. The van der Waals surface area contributed by atoms with Crippen molar-refractivity contribution < 1.29 is 63.6 Å². The molecule has 0 saturated carbocycles. The molecule has 0 aliphatic carbocycles. The molecule has 0 spiro atoms. The molecule has 4 aromatic carbocycles. The fraction of sp³-hybridized carbons (Fsp3) is 0. The minimum atomic E-state index is -10.7. The van der Waals surface area contributed by atoms with Gasteiger partial charge in [-0.05, 0) is 60.0 Å². The first-order valence-corrected chi connectivity index (χ1v) is 18.2. The quantitative estimate of drug-likeness (QED) is 0.0549. The van der Waals surface area contributed by atoms with Crippen LogP contribution in [0.5, 0.6) is 0 Å². The van der Waals surface area contributed by atoms with Gasteiger partial charge < -0.3 is 17.3 Å². The second-order valence-corrected chi connectivity index (χ2v) is 16.2. The largest absolute Gasteiger partial charge is 0.357 e. The van der Waals surface area contributed by atoms with Gasteiger partial charge in [0.05, 0.1) is 0 Å². The van der Waals surface area contributed by atoms with Crippen molar-refractivity contribution in [2.75, 3.05) is 0 Å². The molecule has 0 N–H and O–H groups in total. The Balaban J connectivity index is 0.000000226. The zero-order valence-corrected chi connectivity index (χ0v) is 26.5. The first kappa shape index (κ1) is 36.6. The Morgan fingerprint density at radius 3 is 1.07 bits per heavy atom. The number of hydrogen-bond donors (Lipinski definition) is 0. The monoisotopic (exact) mass is 782 g/mol. The summed E-state index contributed by atoms with van der Waals surface area (Å²) in [5.41, 5.74) is 0. The van der Waals surface area contributed by atoms with Gasteiger partial charge in [-0.15, -0.1) is 0 Å². The summed E-state index contributed by atoms with van der Waals surface area (Å²) >= 11 is 1.86. The molecule has 232 valence electrons. The van der Waals surface area contributed by atoms with Crippen molar-refractivity contribution >= 4 is 37.3 Å². The van der Waals surface area contributed by atoms with Gasteiger partial charge in [-0.25, -0.2) is 0 Å². The van der Waals surface area contributed by atoms with Gasteiger partial charge in [-0.1, -0.05) is 84.1 Å². The van der Waals surface area contributed by atoms with Crippen molar-refractivity contribution in [3.63, 3.8) is 0 Å². The van der Waals surface area contributed by atoms with E-state index in [1.807, 2.05) is 11.3 Å². The minimum Gasteiger partial charge on any atom is -0.0936 e. The number of benzene rings is 4. The molecule has 1 aromatic heterocycles. The summed E-state index contributed by atoms with van der Waals surface area (Å²) in [7, 11) is -16.6. The van der Waals surface area contributed by atoms with Crippen LogP contribution >= 0.6 is 19.1 Å². The molecule has 43 heavy (non-hydrogen) atoms. The van der Waals surface area contributed by atoms with Gasteiger partial charge in [0, 0.05) is 6.07 Å². The molecule has 15 heteroatoms. The third-order valence-corrected chi connectivity index (χ3v) is 10.5. The Hall–Kier alpha value is -2.55. The Morgan fingerprint density at radius 1 is 0.488 bits per heavy atom. The van der Waals surface area contributed by atoms with Crippen molar-refractivity contribution in [1.29, 1.82) is 0 Å². The molecular formula is C28H23BF10IPS2. The molecule has 0 aliphatic heterocycles. The van der Waals surface area contributed by atoms with Gasteiger partial charge in [-0.3, -0.25) is 0 Å². The zero-order valence-electron chi connectivity index (χ0n) is 21.8. The molecular weight excluding hydrogens is 759 g/mol. The fourth-order valence-electron chi connectivity index (χ4n) is 2.94. The molecule has 0 bridgehead atoms. The van der Waals surface area contributed by atoms with Crippen LogP contribution in [0.4, 0.5) is 42.4 Å². The summed E-state index contributed by atoms with van der Waals surface area (Å²) in [5, 5.41) is 2.15. The molecule has 1 heterocycles. The van der Waals surface area contributed by atoms with Crippen LogP contribution in [0, 0.1) is 7.14 Å². The first-order chi connectivity index (χ1) is 19.8. The molecule has 0 saturated heterocycles.